The quantitative estimate of drug-likeness (QED) is 0.0809. The molecule has 0 aliphatic heterocycles. The molecule has 2 nitrogen and oxygen atoms in total. The van der Waals surface area contributed by atoms with Crippen molar-refractivity contribution in [2.24, 2.45) is 52.3 Å². The third-order valence-corrected chi connectivity index (χ3v) is 15.2. The average molecular weight is 655 g/mol. The maximum Gasteiger partial charge on any atom is 0.305 e. The lowest BCUT2D eigenvalue weighted by atomic mass is 9.44. The monoisotopic (exact) mass is 655 g/mol. The number of esters is 1. The molecule has 47 heavy (non-hydrogen) atoms. The summed E-state index contributed by atoms with van der Waals surface area (Å²) in [5.74, 6) is 6.36. The summed E-state index contributed by atoms with van der Waals surface area (Å²) in [6.07, 6.45) is 40.0. The number of ether oxygens (including phenoxy) is 1. The summed E-state index contributed by atoms with van der Waals surface area (Å²) in [7, 11) is 0. The number of fused-ring (bicyclic) bond motifs is 5. The average Bonchev–Trinajstić information content (AvgIpc) is 3.42. The van der Waals surface area contributed by atoms with Crippen LogP contribution < -0.4 is 0 Å². The van der Waals surface area contributed by atoms with Gasteiger partial charge in [0.1, 0.15) is 0 Å². The van der Waals surface area contributed by atoms with Crippen LogP contribution in [0.3, 0.4) is 0 Å². The molecule has 4 aliphatic rings. The van der Waals surface area contributed by atoms with Crippen molar-refractivity contribution in [2.45, 2.75) is 221 Å². The largest absolute Gasteiger partial charge is 0.465 e. The van der Waals surface area contributed by atoms with E-state index in [0.717, 1.165) is 41.9 Å². The van der Waals surface area contributed by atoms with Gasteiger partial charge in [0.2, 0.25) is 0 Å². The van der Waals surface area contributed by atoms with E-state index in [1.165, 1.54) is 167 Å². The first-order valence-electron chi connectivity index (χ1n) is 21.9. The zero-order chi connectivity index (χ0) is 33.5. The molecule has 0 bridgehead atoms. The SMILES string of the molecule is CCCCCCCCCCCCCCCCCC(=O)OCC(C)CCC[C@@H](C)[C@H]1CC[C@H]2[C@@H]3CCC4CCCC[C@]4(C)[C@H]3CC[C@]12C. The van der Waals surface area contributed by atoms with Gasteiger partial charge in [-0.15, -0.1) is 0 Å². The number of rotatable bonds is 23. The molecule has 274 valence electrons. The van der Waals surface area contributed by atoms with Crippen molar-refractivity contribution >= 4 is 5.97 Å². The number of hydrogen-bond acceptors (Lipinski definition) is 2. The smallest absolute Gasteiger partial charge is 0.305 e. The summed E-state index contributed by atoms with van der Waals surface area (Å²) in [6.45, 7) is 13.3. The lowest BCUT2D eigenvalue weighted by Gasteiger charge is -2.61. The lowest BCUT2D eigenvalue weighted by molar-refractivity contribution is -0.145. The van der Waals surface area contributed by atoms with Crippen molar-refractivity contribution < 1.29 is 9.53 Å². The van der Waals surface area contributed by atoms with E-state index in [-0.39, 0.29) is 5.97 Å². The predicted molar refractivity (Wildman–Crippen MR) is 203 cm³/mol. The molecule has 9 atom stereocenters. The van der Waals surface area contributed by atoms with Crippen molar-refractivity contribution in [1.82, 2.24) is 0 Å². The summed E-state index contributed by atoms with van der Waals surface area (Å²) in [4.78, 5) is 12.4. The minimum atomic E-state index is 0.0385. The van der Waals surface area contributed by atoms with Gasteiger partial charge in [-0.05, 0) is 116 Å². The molecule has 2 unspecified atom stereocenters. The van der Waals surface area contributed by atoms with Gasteiger partial charge in [-0.2, -0.15) is 0 Å². The Hall–Kier alpha value is -0.530. The summed E-state index contributed by atoms with van der Waals surface area (Å²) in [6, 6.07) is 0. The van der Waals surface area contributed by atoms with E-state index in [0.29, 0.717) is 29.8 Å². The van der Waals surface area contributed by atoms with Gasteiger partial charge in [0, 0.05) is 6.42 Å². The Morgan fingerprint density at radius 1 is 0.638 bits per heavy atom. The molecule has 2 heteroatoms. The van der Waals surface area contributed by atoms with E-state index in [9.17, 15) is 4.79 Å². The Kier molecular flexibility index (Phi) is 17.0. The molecular formula is C45H82O2. The minimum Gasteiger partial charge on any atom is -0.465 e. The van der Waals surface area contributed by atoms with E-state index in [4.69, 9.17) is 4.74 Å². The molecule has 4 rings (SSSR count). The van der Waals surface area contributed by atoms with Gasteiger partial charge in [0.05, 0.1) is 6.61 Å². The fourth-order valence-corrected chi connectivity index (χ4v) is 12.3. The van der Waals surface area contributed by atoms with E-state index in [1.54, 1.807) is 6.42 Å². The van der Waals surface area contributed by atoms with Crippen LogP contribution in [0.15, 0.2) is 0 Å². The number of hydrogen-bond donors (Lipinski definition) is 0. The fraction of sp³-hybridized carbons (Fsp3) is 0.978. The molecule has 4 aliphatic carbocycles. The van der Waals surface area contributed by atoms with Crippen molar-refractivity contribution in [3.63, 3.8) is 0 Å². The van der Waals surface area contributed by atoms with Gasteiger partial charge < -0.3 is 4.74 Å². The Bertz CT molecular complexity index is 866. The highest BCUT2D eigenvalue weighted by Crippen LogP contribution is 2.68. The molecule has 0 spiro atoms. The van der Waals surface area contributed by atoms with E-state index in [2.05, 4.69) is 34.6 Å². The molecule has 0 N–H and O–H groups in total. The van der Waals surface area contributed by atoms with Crippen LogP contribution in [-0.2, 0) is 9.53 Å². The Morgan fingerprint density at radius 2 is 1.26 bits per heavy atom. The maximum atomic E-state index is 12.4. The normalized spacial score (nSPS) is 33.1. The summed E-state index contributed by atoms with van der Waals surface area (Å²) in [5, 5.41) is 0. The molecule has 0 aromatic carbocycles. The first-order valence-corrected chi connectivity index (χ1v) is 21.9. The van der Waals surface area contributed by atoms with Gasteiger partial charge in [-0.3, -0.25) is 4.79 Å². The van der Waals surface area contributed by atoms with Gasteiger partial charge in [0.15, 0.2) is 0 Å². The van der Waals surface area contributed by atoms with Gasteiger partial charge in [0.25, 0.3) is 0 Å². The van der Waals surface area contributed by atoms with Crippen LogP contribution in [0, 0.1) is 52.3 Å². The zero-order valence-corrected chi connectivity index (χ0v) is 32.6. The molecular weight excluding hydrogens is 572 g/mol. The zero-order valence-electron chi connectivity index (χ0n) is 32.6. The van der Waals surface area contributed by atoms with Crippen LogP contribution in [-0.4, -0.2) is 12.6 Å². The summed E-state index contributed by atoms with van der Waals surface area (Å²) < 4.78 is 5.72. The highest BCUT2D eigenvalue weighted by molar-refractivity contribution is 5.69. The van der Waals surface area contributed by atoms with E-state index < -0.39 is 0 Å². The van der Waals surface area contributed by atoms with Crippen molar-refractivity contribution in [3.05, 3.63) is 0 Å². The van der Waals surface area contributed by atoms with Crippen molar-refractivity contribution in [1.29, 1.82) is 0 Å². The molecule has 0 aromatic heterocycles. The fourth-order valence-electron chi connectivity index (χ4n) is 12.3. The molecule has 0 radical (unpaired) electrons. The molecule has 0 saturated heterocycles. The van der Waals surface area contributed by atoms with E-state index >= 15 is 0 Å². The second kappa shape index (κ2) is 20.4. The van der Waals surface area contributed by atoms with Crippen LogP contribution in [0.2, 0.25) is 0 Å². The summed E-state index contributed by atoms with van der Waals surface area (Å²) in [5.41, 5.74) is 1.25. The number of carbonyl (C=O) groups is 1. The van der Waals surface area contributed by atoms with Crippen LogP contribution in [0.25, 0.3) is 0 Å². The molecule has 0 heterocycles. The minimum absolute atomic E-state index is 0.0385. The highest BCUT2D eigenvalue weighted by atomic mass is 16.5. The van der Waals surface area contributed by atoms with Gasteiger partial charge >= 0.3 is 5.97 Å². The number of carbonyl (C=O) groups excluding carboxylic acids is 1. The lowest BCUT2D eigenvalue weighted by Crippen LogP contribution is -2.53. The predicted octanol–water partition coefficient (Wildman–Crippen LogP) is 14.3. The standard InChI is InChI=1S/C45H82O2/c1-6-7-8-9-10-11-12-13-14-15-16-17-18-19-20-27-43(46)47-35-36(2)24-23-25-37(3)40-30-31-41-39-29-28-38-26-21-22-33-44(38,4)42(39)32-34-45(40,41)5/h36-42H,6-35H2,1-5H3/t36?,37-,38?,39+,40-,41+,42+,44+,45-/m1/s1. The second-order valence-electron chi connectivity index (χ2n) is 18.5. The topological polar surface area (TPSA) is 26.3 Å². The molecule has 4 fully saturated rings. The van der Waals surface area contributed by atoms with Crippen LogP contribution in [0.1, 0.15) is 221 Å². The van der Waals surface area contributed by atoms with Crippen molar-refractivity contribution in [2.75, 3.05) is 6.61 Å². The van der Waals surface area contributed by atoms with Gasteiger partial charge in [-0.1, -0.05) is 150 Å². The third kappa shape index (κ3) is 11.2. The first kappa shape index (κ1) is 39.3. The van der Waals surface area contributed by atoms with Crippen molar-refractivity contribution in [3.8, 4) is 0 Å². The van der Waals surface area contributed by atoms with Gasteiger partial charge in [-0.25, -0.2) is 0 Å². The second-order valence-corrected chi connectivity index (χ2v) is 18.5. The molecule has 4 saturated carbocycles. The Balaban J connectivity index is 0.998. The first-order chi connectivity index (χ1) is 22.8. The molecule has 0 amide bonds. The maximum absolute atomic E-state index is 12.4. The third-order valence-electron chi connectivity index (χ3n) is 15.2. The van der Waals surface area contributed by atoms with Crippen LogP contribution in [0.4, 0.5) is 0 Å². The number of unbranched alkanes of at least 4 members (excludes halogenated alkanes) is 14. The molecule has 0 aromatic rings. The van der Waals surface area contributed by atoms with Crippen LogP contribution in [0.5, 0.6) is 0 Å². The summed E-state index contributed by atoms with van der Waals surface area (Å²) >= 11 is 0. The Labute approximate surface area is 294 Å². The Morgan fingerprint density at radius 3 is 1.91 bits per heavy atom. The van der Waals surface area contributed by atoms with E-state index in [1.807, 2.05) is 0 Å². The van der Waals surface area contributed by atoms with Crippen LogP contribution >= 0.6 is 0 Å². The highest BCUT2D eigenvalue weighted by Gasteiger charge is 2.60.